The van der Waals surface area contributed by atoms with Crippen LogP contribution in [0.2, 0.25) is 0 Å². The number of aromatic nitrogens is 2. The Kier molecular flexibility index (Phi) is 6.03. The standard InChI is InChI=1S/C21H20N4O4/c1-14-12-18(26)19(24-25(14)17-6-4-3-5-7-17)20(27)22-13-15-8-10-16(11-9-15)23-21(28)29-2/h3-12H,13H2,1-2H3,(H,22,27)(H,23,28). The van der Waals surface area contributed by atoms with Crippen molar-refractivity contribution in [2.75, 3.05) is 12.4 Å². The Hall–Kier alpha value is -3.94. The molecule has 0 unspecified atom stereocenters. The third-order valence-electron chi connectivity index (χ3n) is 4.16. The third kappa shape index (κ3) is 4.86. The Morgan fingerprint density at radius 2 is 1.76 bits per heavy atom. The van der Waals surface area contributed by atoms with Gasteiger partial charge in [0.15, 0.2) is 5.69 Å². The maximum atomic E-state index is 12.5. The number of nitrogens with one attached hydrogen (secondary N) is 2. The molecule has 8 heteroatoms. The summed E-state index contributed by atoms with van der Waals surface area (Å²) in [5.74, 6) is -0.559. The Labute approximate surface area is 167 Å². The summed E-state index contributed by atoms with van der Waals surface area (Å²) in [6.45, 7) is 1.96. The first kappa shape index (κ1) is 19.8. The summed E-state index contributed by atoms with van der Waals surface area (Å²) in [7, 11) is 1.28. The van der Waals surface area contributed by atoms with E-state index in [1.165, 1.54) is 13.2 Å². The van der Waals surface area contributed by atoms with E-state index in [-0.39, 0.29) is 12.2 Å². The van der Waals surface area contributed by atoms with Crippen LogP contribution >= 0.6 is 0 Å². The van der Waals surface area contributed by atoms with Crippen LogP contribution in [0.1, 0.15) is 21.7 Å². The van der Waals surface area contributed by atoms with Crippen LogP contribution in [-0.4, -0.2) is 28.9 Å². The molecular weight excluding hydrogens is 372 g/mol. The lowest BCUT2D eigenvalue weighted by Crippen LogP contribution is -2.31. The molecule has 0 saturated carbocycles. The van der Waals surface area contributed by atoms with E-state index >= 15 is 0 Å². The van der Waals surface area contributed by atoms with Gasteiger partial charge in [0.05, 0.1) is 12.8 Å². The van der Waals surface area contributed by atoms with Crippen LogP contribution in [0.25, 0.3) is 5.69 Å². The first-order valence-electron chi connectivity index (χ1n) is 8.86. The molecule has 0 bridgehead atoms. The highest BCUT2D eigenvalue weighted by molar-refractivity contribution is 5.92. The highest BCUT2D eigenvalue weighted by Crippen LogP contribution is 2.10. The fourth-order valence-electron chi connectivity index (χ4n) is 2.68. The number of benzene rings is 2. The molecule has 0 aliphatic carbocycles. The predicted molar refractivity (Wildman–Crippen MR) is 108 cm³/mol. The van der Waals surface area contributed by atoms with Crippen molar-refractivity contribution in [3.63, 3.8) is 0 Å². The molecule has 0 spiro atoms. The van der Waals surface area contributed by atoms with Crippen molar-refractivity contribution in [1.82, 2.24) is 15.1 Å². The minimum Gasteiger partial charge on any atom is -0.453 e. The molecule has 0 saturated heterocycles. The highest BCUT2D eigenvalue weighted by atomic mass is 16.5. The van der Waals surface area contributed by atoms with Gasteiger partial charge in [-0.1, -0.05) is 30.3 Å². The van der Waals surface area contributed by atoms with Crippen molar-refractivity contribution in [1.29, 1.82) is 0 Å². The van der Waals surface area contributed by atoms with Gasteiger partial charge in [0.2, 0.25) is 5.43 Å². The van der Waals surface area contributed by atoms with E-state index in [4.69, 9.17) is 0 Å². The summed E-state index contributed by atoms with van der Waals surface area (Å²) in [5, 5.41) is 9.48. The summed E-state index contributed by atoms with van der Waals surface area (Å²) in [5.41, 5.74) is 2.13. The molecule has 8 nitrogen and oxygen atoms in total. The second-order valence-corrected chi connectivity index (χ2v) is 6.24. The lowest BCUT2D eigenvalue weighted by molar-refractivity contribution is 0.0943. The van der Waals surface area contributed by atoms with Crippen molar-refractivity contribution in [3.05, 3.63) is 87.8 Å². The molecule has 29 heavy (non-hydrogen) atoms. The molecule has 1 aromatic heterocycles. The minimum absolute atomic E-state index is 0.177. The van der Waals surface area contributed by atoms with Crippen LogP contribution in [0.3, 0.4) is 0 Å². The van der Waals surface area contributed by atoms with Crippen molar-refractivity contribution in [2.45, 2.75) is 13.5 Å². The lowest BCUT2D eigenvalue weighted by Gasteiger charge is -2.11. The zero-order chi connectivity index (χ0) is 20.8. The van der Waals surface area contributed by atoms with E-state index in [0.717, 1.165) is 11.3 Å². The normalized spacial score (nSPS) is 10.3. The Bertz CT molecular complexity index is 1080. The lowest BCUT2D eigenvalue weighted by atomic mass is 10.2. The number of para-hydroxylation sites is 1. The average molecular weight is 392 g/mol. The van der Waals surface area contributed by atoms with Crippen LogP contribution in [0.5, 0.6) is 0 Å². The molecular formula is C21H20N4O4. The van der Waals surface area contributed by atoms with Crippen molar-refractivity contribution in [2.24, 2.45) is 0 Å². The second-order valence-electron chi connectivity index (χ2n) is 6.24. The van der Waals surface area contributed by atoms with Gasteiger partial charge in [-0.15, -0.1) is 0 Å². The highest BCUT2D eigenvalue weighted by Gasteiger charge is 2.15. The Morgan fingerprint density at radius 3 is 2.41 bits per heavy atom. The summed E-state index contributed by atoms with van der Waals surface area (Å²) in [6, 6.07) is 17.5. The van der Waals surface area contributed by atoms with Gasteiger partial charge < -0.3 is 10.1 Å². The number of amides is 2. The number of nitrogens with zero attached hydrogens (tertiary/aromatic N) is 2. The number of hydrogen-bond donors (Lipinski definition) is 2. The molecule has 0 aliphatic heterocycles. The van der Waals surface area contributed by atoms with E-state index in [1.807, 2.05) is 30.3 Å². The largest absolute Gasteiger partial charge is 0.453 e. The van der Waals surface area contributed by atoms with Gasteiger partial charge in [-0.25, -0.2) is 9.48 Å². The quantitative estimate of drug-likeness (QED) is 0.695. The average Bonchev–Trinajstić information content (AvgIpc) is 2.73. The van der Waals surface area contributed by atoms with Crippen LogP contribution in [0, 0.1) is 6.92 Å². The first-order chi connectivity index (χ1) is 14.0. The molecule has 2 amide bonds. The zero-order valence-electron chi connectivity index (χ0n) is 16.0. The molecule has 3 rings (SSSR count). The summed E-state index contributed by atoms with van der Waals surface area (Å²) in [6.07, 6.45) is -0.564. The molecule has 148 valence electrons. The number of methoxy groups -OCH3 is 1. The monoisotopic (exact) mass is 392 g/mol. The number of rotatable bonds is 5. The number of ether oxygens (including phenoxy) is 1. The summed E-state index contributed by atoms with van der Waals surface area (Å²) >= 11 is 0. The molecule has 0 fully saturated rings. The number of aryl methyl sites for hydroxylation is 1. The fraction of sp³-hybridized carbons (Fsp3) is 0.143. The van der Waals surface area contributed by atoms with Crippen LogP contribution in [0.15, 0.2) is 65.5 Å². The van der Waals surface area contributed by atoms with Gasteiger partial charge in [0.1, 0.15) is 0 Å². The van der Waals surface area contributed by atoms with Gasteiger partial charge in [-0.3, -0.25) is 14.9 Å². The molecule has 1 heterocycles. The first-order valence-corrected chi connectivity index (χ1v) is 8.86. The Morgan fingerprint density at radius 1 is 1.07 bits per heavy atom. The zero-order valence-corrected chi connectivity index (χ0v) is 16.0. The number of carbonyl (C=O) groups is 2. The fourth-order valence-corrected chi connectivity index (χ4v) is 2.68. The van der Waals surface area contributed by atoms with Gasteiger partial charge in [0.25, 0.3) is 5.91 Å². The molecule has 0 aliphatic rings. The maximum absolute atomic E-state index is 12.5. The third-order valence-corrected chi connectivity index (χ3v) is 4.16. The minimum atomic E-state index is -0.564. The van der Waals surface area contributed by atoms with Crippen LogP contribution < -0.4 is 16.1 Å². The van der Waals surface area contributed by atoms with Crippen molar-refractivity contribution < 1.29 is 14.3 Å². The van der Waals surface area contributed by atoms with E-state index in [9.17, 15) is 14.4 Å². The second kappa shape index (κ2) is 8.83. The van der Waals surface area contributed by atoms with E-state index < -0.39 is 17.4 Å². The number of anilines is 1. The van der Waals surface area contributed by atoms with E-state index in [0.29, 0.717) is 11.4 Å². The van der Waals surface area contributed by atoms with Gasteiger partial charge in [0, 0.05) is 24.0 Å². The molecule has 3 aromatic rings. The van der Waals surface area contributed by atoms with Crippen LogP contribution in [0.4, 0.5) is 10.5 Å². The molecule has 0 atom stereocenters. The van der Waals surface area contributed by atoms with Crippen molar-refractivity contribution in [3.8, 4) is 5.69 Å². The summed E-state index contributed by atoms with van der Waals surface area (Å²) in [4.78, 5) is 36.0. The van der Waals surface area contributed by atoms with E-state index in [2.05, 4.69) is 20.5 Å². The SMILES string of the molecule is COC(=O)Nc1ccc(CNC(=O)c2nn(-c3ccccc3)c(C)cc2=O)cc1. The molecule has 0 radical (unpaired) electrons. The summed E-state index contributed by atoms with van der Waals surface area (Å²) < 4.78 is 6.09. The van der Waals surface area contributed by atoms with Crippen LogP contribution in [-0.2, 0) is 11.3 Å². The number of hydrogen-bond acceptors (Lipinski definition) is 5. The van der Waals surface area contributed by atoms with Crippen molar-refractivity contribution >= 4 is 17.7 Å². The smallest absolute Gasteiger partial charge is 0.411 e. The Balaban J connectivity index is 1.72. The van der Waals surface area contributed by atoms with Gasteiger partial charge >= 0.3 is 6.09 Å². The van der Waals surface area contributed by atoms with Gasteiger partial charge in [-0.05, 0) is 36.8 Å². The van der Waals surface area contributed by atoms with Gasteiger partial charge in [-0.2, -0.15) is 5.10 Å². The van der Waals surface area contributed by atoms with E-state index in [1.54, 1.807) is 35.9 Å². The maximum Gasteiger partial charge on any atom is 0.411 e. The number of carbonyl (C=O) groups excluding carboxylic acids is 2. The topological polar surface area (TPSA) is 102 Å². The predicted octanol–water partition coefficient (Wildman–Crippen LogP) is 2.65. The molecule has 2 N–H and O–H groups in total. The molecule has 2 aromatic carbocycles.